The summed E-state index contributed by atoms with van der Waals surface area (Å²) in [5.41, 5.74) is 4.45. The molecule has 0 bridgehead atoms. The molecule has 0 aromatic heterocycles. The number of aliphatic hydroxyl groups excluding tert-OH is 1. The fourth-order valence-corrected chi connectivity index (χ4v) is 3.41. The van der Waals surface area contributed by atoms with E-state index < -0.39 is 6.10 Å². The van der Waals surface area contributed by atoms with Crippen molar-refractivity contribution in [3.63, 3.8) is 0 Å². The molecule has 0 fully saturated rings. The minimum atomic E-state index is -0.553. The van der Waals surface area contributed by atoms with Crippen molar-refractivity contribution in [2.24, 2.45) is 0 Å². The minimum absolute atomic E-state index is 0.171. The molecule has 1 aromatic carbocycles. The van der Waals surface area contributed by atoms with Crippen LogP contribution in [0.15, 0.2) is 0 Å². The van der Waals surface area contributed by atoms with Crippen molar-refractivity contribution >= 4 is 0 Å². The van der Waals surface area contributed by atoms with Gasteiger partial charge in [0.15, 0.2) is 0 Å². The summed E-state index contributed by atoms with van der Waals surface area (Å²) in [6.45, 7) is 6.77. The summed E-state index contributed by atoms with van der Waals surface area (Å²) in [5, 5.41) is 13.6. The van der Waals surface area contributed by atoms with E-state index in [9.17, 15) is 5.11 Å². The third kappa shape index (κ3) is 1.98. The fraction of sp³-hybridized carbons (Fsp3) is 0.625. The molecule has 20 heavy (non-hydrogen) atoms. The first-order valence-corrected chi connectivity index (χ1v) is 7.37. The first-order valence-electron chi connectivity index (χ1n) is 7.37. The Morgan fingerprint density at radius 3 is 2.40 bits per heavy atom. The summed E-state index contributed by atoms with van der Waals surface area (Å²) >= 11 is 0. The summed E-state index contributed by atoms with van der Waals surface area (Å²) in [6, 6.07) is 0. The van der Waals surface area contributed by atoms with E-state index in [0.717, 1.165) is 35.5 Å². The van der Waals surface area contributed by atoms with Gasteiger partial charge in [-0.1, -0.05) is 0 Å². The molecule has 110 valence electrons. The monoisotopic (exact) mass is 277 g/mol. The molecule has 4 heteroatoms. The molecule has 3 atom stereocenters. The van der Waals surface area contributed by atoms with E-state index in [4.69, 9.17) is 9.47 Å². The highest BCUT2D eigenvalue weighted by Crippen LogP contribution is 2.48. The Bertz CT molecular complexity index is 502. The van der Waals surface area contributed by atoms with Gasteiger partial charge in [0.25, 0.3) is 0 Å². The number of benzene rings is 1. The Morgan fingerprint density at radius 2 is 1.75 bits per heavy atom. The summed E-state index contributed by atoms with van der Waals surface area (Å²) in [6.07, 6.45) is 1.53. The maximum Gasteiger partial charge on any atom is 0.129 e. The molecule has 2 aliphatic heterocycles. The zero-order valence-electron chi connectivity index (χ0n) is 12.6. The third-order valence-corrected chi connectivity index (χ3v) is 4.26. The number of hydrogen-bond donors (Lipinski definition) is 2. The van der Waals surface area contributed by atoms with Crippen molar-refractivity contribution in [1.82, 2.24) is 5.32 Å². The van der Waals surface area contributed by atoms with Crippen LogP contribution in [0.2, 0.25) is 0 Å². The zero-order valence-corrected chi connectivity index (χ0v) is 12.6. The van der Waals surface area contributed by atoms with Gasteiger partial charge < -0.3 is 19.9 Å². The van der Waals surface area contributed by atoms with Gasteiger partial charge in [-0.15, -0.1) is 0 Å². The van der Waals surface area contributed by atoms with Crippen LogP contribution in [0, 0.1) is 6.92 Å². The summed E-state index contributed by atoms with van der Waals surface area (Å²) < 4.78 is 12.0. The second-order valence-electron chi connectivity index (χ2n) is 5.99. The number of rotatable bonds is 3. The molecule has 2 heterocycles. The maximum absolute atomic E-state index is 10.5. The molecular weight excluding hydrogens is 254 g/mol. The van der Waals surface area contributed by atoms with Crippen LogP contribution in [-0.4, -0.2) is 30.9 Å². The molecule has 3 unspecified atom stereocenters. The molecule has 1 aromatic rings. The van der Waals surface area contributed by atoms with Gasteiger partial charge >= 0.3 is 0 Å². The van der Waals surface area contributed by atoms with Crippen molar-refractivity contribution in [2.45, 2.75) is 51.9 Å². The molecule has 0 aliphatic carbocycles. The van der Waals surface area contributed by atoms with Crippen LogP contribution in [0.4, 0.5) is 0 Å². The van der Waals surface area contributed by atoms with Crippen LogP contribution in [0.25, 0.3) is 0 Å². The molecule has 0 saturated carbocycles. The molecule has 0 amide bonds. The van der Waals surface area contributed by atoms with E-state index >= 15 is 0 Å². The van der Waals surface area contributed by atoms with E-state index in [1.54, 1.807) is 0 Å². The fourth-order valence-electron chi connectivity index (χ4n) is 3.41. The molecule has 2 N–H and O–H groups in total. The Hall–Kier alpha value is -1.26. The summed E-state index contributed by atoms with van der Waals surface area (Å²) in [7, 11) is 1.85. The number of ether oxygens (including phenoxy) is 2. The molecule has 3 rings (SSSR count). The first-order chi connectivity index (χ1) is 9.52. The predicted molar refractivity (Wildman–Crippen MR) is 77.7 cm³/mol. The van der Waals surface area contributed by atoms with Gasteiger partial charge in [0.2, 0.25) is 0 Å². The van der Waals surface area contributed by atoms with Gasteiger partial charge in [-0.2, -0.15) is 0 Å². The standard InChI is InChI=1S/C16H23NO3/c1-8-5-11-10(3)15-12(6-9(2)19-15)14(16(11)20-8)13(18)7-17-4/h8-9,13,17-18H,5-7H2,1-4H3. The SMILES string of the molecule is CNCC(O)c1c2c(c(C)c3c1OC(C)C3)OC(C)C2. The van der Waals surface area contributed by atoms with Gasteiger partial charge in [0.1, 0.15) is 23.7 Å². The van der Waals surface area contributed by atoms with E-state index in [2.05, 4.69) is 26.1 Å². The zero-order chi connectivity index (χ0) is 14.4. The second-order valence-corrected chi connectivity index (χ2v) is 5.99. The summed E-state index contributed by atoms with van der Waals surface area (Å²) in [5.74, 6) is 1.87. The van der Waals surface area contributed by atoms with Gasteiger partial charge in [-0.25, -0.2) is 0 Å². The predicted octanol–water partition coefficient (Wildman–Crippen LogP) is 1.89. The molecule has 4 nitrogen and oxygen atoms in total. The molecule has 0 radical (unpaired) electrons. The lowest BCUT2D eigenvalue weighted by molar-refractivity contribution is 0.167. The van der Waals surface area contributed by atoms with Crippen molar-refractivity contribution in [1.29, 1.82) is 0 Å². The van der Waals surface area contributed by atoms with E-state index in [-0.39, 0.29) is 12.2 Å². The van der Waals surface area contributed by atoms with E-state index in [0.29, 0.717) is 6.54 Å². The van der Waals surface area contributed by atoms with Crippen LogP contribution >= 0.6 is 0 Å². The Morgan fingerprint density at radius 1 is 1.15 bits per heavy atom. The van der Waals surface area contributed by atoms with Gasteiger partial charge in [-0.05, 0) is 33.4 Å². The van der Waals surface area contributed by atoms with Gasteiger partial charge in [0, 0.05) is 36.1 Å². The Kier molecular flexibility index (Phi) is 3.38. The number of fused-ring (bicyclic) bond motifs is 2. The lowest BCUT2D eigenvalue weighted by Gasteiger charge is -2.20. The lowest BCUT2D eigenvalue weighted by atomic mass is 9.91. The van der Waals surface area contributed by atoms with Crippen LogP contribution < -0.4 is 14.8 Å². The number of likely N-dealkylation sites (N-methyl/N-ethyl adjacent to an activating group) is 1. The molecule has 0 spiro atoms. The topological polar surface area (TPSA) is 50.7 Å². The number of aliphatic hydroxyl groups is 1. The van der Waals surface area contributed by atoms with Crippen LogP contribution in [0.5, 0.6) is 11.5 Å². The van der Waals surface area contributed by atoms with Gasteiger partial charge in [0.05, 0.1) is 6.10 Å². The summed E-state index contributed by atoms with van der Waals surface area (Å²) in [4.78, 5) is 0. The smallest absolute Gasteiger partial charge is 0.129 e. The van der Waals surface area contributed by atoms with E-state index in [1.807, 2.05) is 7.05 Å². The molecular formula is C16H23NO3. The number of hydrogen-bond acceptors (Lipinski definition) is 4. The van der Waals surface area contributed by atoms with Crippen molar-refractivity contribution in [3.8, 4) is 11.5 Å². The minimum Gasteiger partial charge on any atom is -0.490 e. The van der Waals surface area contributed by atoms with Gasteiger partial charge in [-0.3, -0.25) is 0 Å². The average Bonchev–Trinajstić information content (AvgIpc) is 2.93. The normalized spacial score (nSPS) is 24.9. The lowest BCUT2D eigenvalue weighted by Crippen LogP contribution is -2.19. The quantitative estimate of drug-likeness (QED) is 0.886. The highest BCUT2D eigenvalue weighted by atomic mass is 16.5. The number of nitrogens with one attached hydrogen (secondary N) is 1. The molecule has 0 saturated heterocycles. The Labute approximate surface area is 120 Å². The van der Waals surface area contributed by atoms with E-state index in [1.165, 1.54) is 11.1 Å². The van der Waals surface area contributed by atoms with Crippen LogP contribution in [-0.2, 0) is 12.8 Å². The van der Waals surface area contributed by atoms with Crippen molar-refractivity contribution < 1.29 is 14.6 Å². The largest absolute Gasteiger partial charge is 0.490 e. The average molecular weight is 277 g/mol. The molecule has 2 aliphatic rings. The van der Waals surface area contributed by atoms with Crippen molar-refractivity contribution in [3.05, 3.63) is 22.3 Å². The highest BCUT2D eigenvalue weighted by Gasteiger charge is 2.36. The maximum atomic E-state index is 10.5. The highest BCUT2D eigenvalue weighted by molar-refractivity contribution is 5.62. The van der Waals surface area contributed by atoms with Crippen molar-refractivity contribution in [2.75, 3.05) is 13.6 Å². The van der Waals surface area contributed by atoms with Crippen LogP contribution in [0.1, 0.15) is 42.2 Å². The van der Waals surface area contributed by atoms with Crippen LogP contribution in [0.3, 0.4) is 0 Å². The second kappa shape index (κ2) is 4.93. The third-order valence-electron chi connectivity index (χ3n) is 4.26. The Balaban J connectivity index is 2.17. The first kappa shape index (κ1) is 13.7.